The molecule has 25 heavy (non-hydrogen) atoms. The summed E-state index contributed by atoms with van der Waals surface area (Å²) in [5, 5.41) is 3.42. The number of nitrogens with one attached hydrogen (secondary N) is 1. The van der Waals surface area contributed by atoms with E-state index in [1.165, 1.54) is 0 Å². The number of carbonyl (C=O) groups is 2. The van der Waals surface area contributed by atoms with Crippen molar-refractivity contribution in [2.75, 3.05) is 13.7 Å². The molecule has 2 aromatic carbocycles. The van der Waals surface area contributed by atoms with Crippen LogP contribution in [0.4, 0.5) is 0 Å². The Morgan fingerprint density at radius 1 is 1.08 bits per heavy atom. The Bertz CT molecular complexity index is 713. The van der Waals surface area contributed by atoms with Crippen LogP contribution < -0.4 is 10.1 Å². The van der Waals surface area contributed by atoms with Gasteiger partial charge in [-0.25, -0.2) is 0 Å². The summed E-state index contributed by atoms with van der Waals surface area (Å²) in [6, 6.07) is 13.2. The fourth-order valence-electron chi connectivity index (χ4n) is 2.32. The topological polar surface area (TPSA) is 64.6 Å². The van der Waals surface area contributed by atoms with E-state index >= 15 is 0 Å². The van der Waals surface area contributed by atoms with Gasteiger partial charge in [-0.05, 0) is 48.9 Å². The van der Waals surface area contributed by atoms with Crippen LogP contribution >= 0.6 is 11.6 Å². The molecule has 0 aliphatic carbocycles. The van der Waals surface area contributed by atoms with Crippen molar-refractivity contribution in [1.29, 1.82) is 0 Å². The Labute approximate surface area is 151 Å². The van der Waals surface area contributed by atoms with Crippen LogP contribution in [0.25, 0.3) is 0 Å². The lowest BCUT2D eigenvalue weighted by atomic mass is 10.0. The smallest absolute Gasteiger partial charge is 0.308 e. The van der Waals surface area contributed by atoms with E-state index in [4.69, 9.17) is 21.1 Å². The maximum atomic E-state index is 12.5. The van der Waals surface area contributed by atoms with Gasteiger partial charge >= 0.3 is 5.97 Å². The molecule has 0 spiro atoms. The summed E-state index contributed by atoms with van der Waals surface area (Å²) in [6.45, 7) is 2.03. The van der Waals surface area contributed by atoms with E-state index in [0.29, 0.717) is 22.9 Å². The molecule has 6 heteroatoms. The molecule has 2 aromatic rings. The molecule has 0 fully saturated rings. The van der Waals surface area contributed by atoms with Crippen LogP contribution in [-0.2, 0) is 9.53 Å². The number of hydrogen-bond acceptors (Lipinski definition) is 4. The van der Waals surface area contributed by atoms with E-state index in [9.17, 15) is 9.59 Å². The Morgan fingerprint density at radius 3 is 2.28 bits per heavy atom. The first-order valence-corrected chi connectivity index (χ1v) is 8.27. The van der Waals surface area contributed by atoms with E-state index in [1.54, 1.807) is 50.4 Å². The standard InChI is InChI=1S/C19H20ClNO4/c1-3-25-18(22)12-17(13-6-10-16(24-2)11-7-13)21-19(23)14-4-8-15(20)9-5-14/h4-11,17H,3,12H2,1-2H3,(H,21,23)/t17-/m0/s1. The number of benzene rings is 2. The van der Waals surface area contributed by atoms with Crippen molar-refractivity contribution in [3.05, 3.63) is 64.7 Å². The van der Waals surface area contributed by atoms with Crippen LogP contribution in [0.3, 0.4) is 0 Å². The van der Waals surface area contributed by atoms with E-state index in [2.05, 4.69) is 5.32 Å². The molecular weight excluding hydrogens is 342 g/mol. The van der Waals surface area contributed by atoms with Crippen molar-refractivity contribution in [2.24, 2.45) is 0 Å². The van der Waals surface area contributed by atoms with Crippen molar-refractivity contribution in [1.82, 2.24) is 5.32 Å². The highest BCUT2D eigenvalue weighted by atomic mass is 35.5. The van der Waals surface area contributed by atoms with Gasteiger partial charge in [0, 0.05) is 10.6 Å². The van der Waals surface area contributed by atoms with Gasteiger partial charge in [-0.15, -0.1) is 0 Å². The van der Waals surface area contributed by atoms with Crippen LogP contribution in [0, 0.1) is 0 Å². The third-order valence-electron chi connectivity index (χ3n) is 3.61. The fraction of sp³-hybridized carbons (Fsp3) is 0.263. The molecule has 0 aliphatic heterocycles. The molecule has 0 heterocycles. The maximum absolute atomic E-state index is 12.5. The average molecular weight is 362 g/mol. The zero-order valence-electron chi connectivity index (χ0n) is 14.1. The molecule has 1 amide bonds. The summed E-state index contributed by atoms with van der Waals surface area (Å²) in [5.41, 5.74) is 1.25. The highest BCUT2D eigenvalue weighted by Crippen LogP contribution is 2.22. The van der Waals surface area contributed by atoms with Gasteiger partial charge in [-0.3, -0.25) is 9.59 Å². The highest BCUT2D eigenvalue weighted by Gasteiger charge is 2.20. The van der Waals surface area contributed by atoms with Crippen LogP contribution in [0.1, 0.15) is 35.3 Å². The summed E-state index contributed by atoms with van der Waals surface area (Å²) in [4.78, 5) is 24.4. The van der Waals surface area contributed by atoms with E-state index in [1.807, 2.05) is 12.1 Å². The van der Waals surface area contributed by atoms with E-state index in [-0.39, 0.29) is 18.3 Å². The molecule has 1 atom stereocenters. The molecule has 0 saturated carbocycles. The quantitative estimate of drug-likeness (QED) is 0.762. The minimum Gasteiger partial charge on any atom is -0.497 e. The van der Waals surface area contributed by atoms with Crippen molar-refractivity contribution < 1.29 is 19.1 Å². The molecule has 2 rings (SSSR count). The number of methoxy groups -OCH3 is 1. The van der Waals surface area contributed by atoms with Gasteiger partial charge in [0.2, 0.25) is 0 Å². The van der Waals surface area contributed by atoms with Gasteiger partial charge in [-0.1, -0.05) is 23.7 Å². The van der Waals surface area contributed by atoms with Gasteiger partial charge in [-0.2, -0.15) is 0 Å². The molecule has 1 N–H and O–H groups in total. The second-order valence-corrected chi connectivity index (χ2v) is 5.75. The molecule has 0 bridgehead atoms. The number of carbonyl (C=O) groups excluding carboxylic acids is 2. The Balaban J connectivity index is 2.19. The molecule has 0 radical (unpaired) electrons. The van der Waals surface area contributed by atoms with E-state index < -0.39 is 6.04 Å². The summed E-state index contributed by atoms with van der Waals surface area (Å²) in [7, 11) is 1.58. The van der Waals surface area contributed by atoms with Crippen molar-refractivity contribution in [2.45, 2.75) is 19.4 Å². The van der Waals surface area contributed by atoms with Gasteiger partial charge in [0.05, 0.1) is 26.2 Å². The SMILES string of the molecule is CCOC(=O)C[C@H](NC(=O)c1ccc(Cl)cc1)c1ccc(OC)cc1. The molecule has 0 aromatic heterocycles. The number of ether oxygens (including phenoxy) is 2. The second-order valence-electron chi connectivity index (χ2n) is 5.32. The lowest BCUT2D eigenvalue weighted by molar-refractivity contribution is -0.143. The monoisotopic (exact) mass is 361 g/mol. The molecular formula is C19H20ClNO4. The zero-order valence-corrected chi connectivity index (χ0v) is 14.9. The first-order valence-electron chi connectivity index (χ1n) is 7.89. The summed E-state index contributed by atoms with van der Waals surface area (Å²) in [5.74, 6) is 0.0316. The Morgan fingerprint density at radius 2 is 1.72 bits per heavy atom. The van der Waals surface area contributed by atoms with E-state index in [0.717, 1.165) is 5.56 Å². The molecule has 0 unspecified atom stereocenters. The third kappa shape index (κ3) is 5.50. The van der Waals surface area contributed by atoms with Crippen molar-refractivity contribution in [3.63, 3.8) is 0 Å². The number of esters is 1. The van der Waals surface area contributed by atoms with Crippen LogP contribution in [0.5, 0.6) is 5.75 Å². The first-order chi connectivity index (χ1) is 12.0. The van der Waals surface area contributed by atoms with Gasteiger partial charge < -0.3 is 14.8 Å². The minimum atomic E-state index is -0.506. The third-order valence-corrected chi connectivity index (χ3v) is 3.86. The largest absolute Gasteiger partial charge is 0.497 e. The predicted octanol–water partition coefficient (Wildman–Crippen LogP) is 3.77. The summed E-state index contributed by atoms with van der Waals surface area (Å²) >= 11 is 5.85. The molecule has 0 saturated heterocycles. The van der Waals surface area contributed by atoms with Crippen molar-refractivity contribution in [3.8, 4) is 5.75 Å². The highest BCUT2D eigenvalue weighted by molar-refractivity contribution is 6.30. The van der Waals surface area contributed by atoms with Gasteiger partial charge in [0.1, 0.15) is 5.75 Å². The second kappa shape index (κ2) is 9.08. The van der Waals surface area contributed by atoms with Crippen LogP contribution in [0.15, 0.2) is 48.5 Å². The van der Waals surface area contributed by atoms with Gasteiger partial charge in [0.15, 0.2) is 0 Å². The normalized spacial score (nSPS) is 11.5. The Kier molecular flexibility index (Phi) is 6.83. The average Bonchev–Trinajstić information content (AvgIpc) is 2.62. The van der Waals surface area contributed by atoms with Crippen LogP contribution in [0.2, 0.25) is 5.02 Å². The number of halogens is 1. The zero-order chi connectivity index (χ0) is 18.2. The van der Waals surface area contributed by atoms with Gasteiger partial charge in [0.25, 0.3) is 5.91 Å². The number of rotatable bonds is 7. The molecule has 132 valence electrons. The summed E-state index contributed by atoms with van der Waals surface area (Å²) in [6.07, 6.45) is 0.0412. The number of amides is 1. The predicted molar refractivity (Wildman–Crippen MR) is 95.9 cm³/mol. The first kappa shape index (κ1) is 18.8. The number of hydrogen-bond donors (Lipinski definition) is 1. The lowest BCUT2D eigenvalue weighted by Gasteiger charge is -2.19. The maximum Gasteiger partial charge on any atom is 0.308 e. The Hall–Kier alpha value is -2.53. The van der Waals surface area contributed by atoms with Crippen LogP contribution in [-0.4, -0.2) is 25.6 Å². The summed E-state index contributed by atoms with van der Waals surface area (Å²) < 4.78 is 10.1. The van der Waals surface area contributed by atoms with Crippen molar-refractivity contribution >= 4 is 23.5 Å². The molecule has 0 aliphatic rings. The molecule has 5 nitrogen and oxygen atoms in total. The minimum absolute atomic E-state index is 0.0412. The fourth-order valence-corrected chi connectivity index (χ4v) is 2.44. The lowest BCUT2D eigenvalue weighted by Crippen LogP contribution is -2.30.